The molecule has 0 aromatic carbocycles. The van der Waals surface area contributed by atoms with E-state index in [1.807, 2.05) is 48.7 Å². The van der Waals surface area contributed by atoms with E-state index in [4.69, 9.17) is 47.3 Å². The quantitative estimate of drug-likeness (QED) is 0.0988. The van der Waals surface area contributed by atoms with Crippen LogP contribution in [-0.4, -0.2) is 160 Å². The Kier molecular flexibility index (Phi) is 19.3. The largest absolute Gasteiger partial charge is 0.459 e. The van der Waals surface area contributed by atoms with E-state index in [0.717, 1.165) is 32.1 Å². The van der Waals surface area contributed by atoms with Gasteiger partial charge in [0.05, 0.1) is 59.5 Å². The molecular weight excluding hydrogens is 881 g/mol. The van der Waals surface area contributed by atoms with Gasteiger partial charge in [-0.15, -0.1) is 0 Å². The van der Waals surface area contributed by atoms with Crippen molar-refractivity contribution in [2.75, 3.05) is 21.2 Å². The lowest BCUT2D eigenvalue weighted by Gasteiger charge is -2.51. The van der Waals surface area contributed by atoms with E-state index in [9.17, 15) is 20.1 Å². The molecule has 4 rings (SSSR count). The molecule has 0 aromatic rings. The van der Waals surface area contributed by atoms with Gasteiger partial charge in [0.15, 0.2) is 29.2 Å². The molecule has 12 unspecified atom stereocenters. The number of likely N-dealkylation sites (N-methyl/N-ethyl adjacent to an activating group) is 1. The van der Waals surface area contributed by atoms with Gasteiger partial charge in [-0.25, -0.2) is 0 Å². The van der Waals surface area contributed by atoms with Crippen LogP contribution in [0.2, 0.25) is 39.3 Å². The normalized spacial score (nSPS) is 44.5. The summed E-state index contributed by atoms with van der Waals surface area (Å²) in [5.41, 5.74) is -4.43. The zero-order valence-corrected chi connectivity index (χ0v) is 46.6. The van der Waals surface area contributed by atoms with E-state index >= 15 is 0 Å². The average Bonchev–Trinajstić information content (AvgIpc) is 3.19. The van der Waals surface area contributed by atoms with Gasteiger partial charge in [0, 0.05) is 37.3 Å². The van der Waals surface area contributed by atoms with Crippen molar-refractivity contribution in [2.45, 2.75) is 257 Å². The standard InChI is InChI=1S/C49H94N2O13Si2/c1-29-27-47(9,54)42(61-45-40(62-65(15,16)17)36(51(12)13)26-30(2)57-45)32(4)39(60-37-28-48(10,56-14)43(34(6)58-37)63-66(18,19)20)33(5)44(53)59-35(7)49(11,55)41(52)31(3)38(29)50-64-46(8)24-22-21-23-25-46/h29-37,39-43,45,52,54-55H,21-28H2,1-20H3/b50-38-/t29-,30-,31?,32+,33-,34+,35-,36?,37?,39?,40?,41?,42?,43?,45?,47?,48?,49?/m1/s1. The van der Waals surface area contributed by atoms with E-state index in [1.54, 1.807) is 34.8 Å². The molecule has 386 valence electrons. The summed E-state index contributed by atoms with van der Waals surface area (Å²) in [4.78, 5) is 23.2. The Morgan fingerprint density at radius 1 is 0.773 bits per heavy atom. The lowest BCUT2D eigenvalue weighted by atomic mass is 9.74. The third-order valence-corrected chi connectivity index (χ3v) is 16.8. The Labute approximate surface area is 400 Å². The molecule has 15 nitrogen and oxygen atoms in total. The maximum absolute atomic E-state index is 14.6. The average molecular weight is 975 g/mol. The van der Waals surface area contributed by atoms with E-state index in [-0.39, 0.29) is 31.1 Å². The van der Waals surface area contributed by atoms with Crippen LogP contribution in [-0.2, 0) is 46.9 Å². The Morgan fingerprint density at radius 2 is 1.36 bits per heavy atom. The Balaban J connectivity index is 1.92. The van der Waals surface area contributed by atoms with Crippen LogP contribution in [0.25, 0.3) is 0 Å². The summed E-state index contributed by atoms with van der Waals surface area (Å²) in [7, 11) is 1.46. The van der Waals surface area contributed by atoms with Gasteiger partial charge in [-0.1, -0.05) is 32.3 Å². The number of carbonyl (C=O) groups is 1. The van der Waals surface area contributed by atoms with Gasteiger partial charge >= 0.3 is 5.97 Å². The van der Waals surface area contributed by atoms with E-state index in [2.05, 4.69) is 51.1 Å². The molecule has 18 atom stereocenters. The Bertz CT molecular complexity index is 1600. The minimum atomic E-state index is -2.21. The highest BCUT2D eigenvalue weighted by Crippen LogP contribution is 2.43. The summed E-state index contributed by atoms with van der Waals surface area (Å²) in [6.07, 6.45) is -2.07. The number of carbonyl (C=O) groups excluding carboxylic acids is 1. The molecule has 0 radical (unpaired) electrons. The fraction of sp³-hybridized carbons (Fsp3) is 0.959. The molecule has 3 saturated heterocycles. The number of hydrogen-bond acceptors (Lipinski definition) is 15. The first kappa shape index (κ1) is 57.5. The van der Waals surface area contributed by atoms with Crippen molar-refractivity contribution in [2.24, 2.45) is 28.8 Å². The lowest BCUT2D eigenvalue weighted by Crippen LogP contribution is -2.62. The van der Waals surface area contributed by atoms with E-state index in [0.29, 0.717) is 12.1 Å². The zero-order chi connectivity index (χ0) is 50.1. The van der Waals surface area contributed by atoms with Gasteiger partial charge in [0.1, 0.15) is 23.4 Å². The van der Waals surface area contributed by atoms with Crippen molar-refractivity contribution in [3.05, 3.63) is 0 Å². The summed E-state index contributed by atoms with van der Waals surface area (Å²) in [6.45, 7) is 33.0. The van der Waals surface area contributed by atoms with Crippen LogP contribution < -0.4 is 0 Å². The van der Waals surface area contributed by atoms with Gasteiger partial charge in [-0.2, -0.15) is 0 Å². The monoisotopic (exact) mass is 975 g/mol. The number of nitrogens with zero attached hydrogens (tertiary/aromatic N) is 2. The molecule has 0 amide bonds. The molecule has 3 heterocycles. The fourth-order valence-electron chi connectivity index (χ4n) is 10.8. The highest BCUT2D eigenvalue weighted by molar-refractivity contribution is 6.70. The molecule has 17 heteroatoms. The van der Waals surface area contributed by atoms with E-state index in [1.165, 1.54) is 6.92 Å². The summed E-state index contributed by atoms with van der Waals surface area (Å²) in [5, 5.41) is 42.3. The molecule has 3 aliphatic heterocycles. The van der Waals surface area contributed by atoms with Crippen LogP contribution in [0.3, 0.4) is 0 Å². The molecule has 0 aromatic heterocycles. The zero-order valence-electron chi connectivity index (χ0n) is 44.6. The van der Waals surface area contributed by atoms with Crippen molar-refractivity contribution in [3.63, 3.8) is 0 Å². The van der Waals surface area contributed by atoms with Gasteiger partial charge < -0.3 is 62.3 Å². The van der Waals surface area contributed by atoms with Crippen LogP contribution in [0.4, 0.5) is 0 Å². The molecule has 1 saturated carbocycles. The smallest absolute Gasteiger partial charge is 0.311 e. The fourth-order valence-corrected chi connectivity index (χ4v) is 13.1. The van der Waals surface area contributed by atoms with Crippen LogP contribution >= 0.6 is 0 Å². The number of ether oxygens (including phenoxy) is 6. The first-order valence-corrected chi connectivity index (χ1v) is 31.7. The molecule has 0 bridgehead atoms. The summed E-state index contributed by atoms with van der Waals surface area (Å²) < 4.78 is 53.6. The second-order valence-corrected chi connectivity index (χ2v) is 32.8. The van der Waals surface area contributed by atoms with Gasteiger partial charge in [0.2, 0.25) is 0 Å². The second-order valence-electron chi connectivity index (χ2n) is 23.8. The molecule has 66 heavy (non-hydrogen) atoms. The molecular formula is C49H94N2O13Si2. The maximum Gasteiger partial charge on any atom is 0.311 e. The van der Waals surface area contributed by atoms with Crippen LogP contribution in [0, 0.1) is 23.7 Å². The molecule has 3 N–H and O–H groups in total. The predicted molar refractivity (Wildman–Crippen MR) is 261 cm³/mol. The van der Waals surface area contributed by atoms with Crippen molar-refractivity contribution in [1.29, 1.82) is 0 Å². The van der Waals surface area contributed by atoms with Crippen molar-refractivity contribution < 1.29 is 62.2 Å². The lowest BCUT2D eigenvalue weighted by molar-refractivity contribution is -0.315. The summed E-state index contributed by atoms with van der Waals surface area (Å²) in [6, 6.07) is -0.0621. The van der Waals surface area contributed by atoms with Crippen LogP contribution in [0.1, 0.15) is 128 Å². The number of rotatable bonds is 12. The Hall–Kier alpha value is -1.07. The minimum absolute atomic E-state index is 0.0621. The number of aliphatic hydroxyl groups is 3. The Morgan fingerprint density at radius 3 is 1.91 bits per heavy atom. The molecule has 4 aliphatic rings. The number of cyclic esters (lactones) is 1. The third kappa shape index (κ3) is 14.3. The predicted octanol–water partition coefficient (Wildman–Crippen LogP) is 7.64. The topological polar surface area (TPSA) is 176 Å². The van der Waals surface area contributed by atoms with Crippen molar-refractivity contribution >= 4 is 28.3 Å². The number of esters is 1. The number of hydrogen-bond donors (Lipinski definition) is 3. The van der Waals surface area contributed by atoms with Crippen molar-refractivity contribution in [1.82, 2.24) is 4.90 Å². The van der Waals surface area contributed by atoms with E-state index < -0.39 is 118 Å². The number of oxime groups is 1. The molecule has 4 fully saturated rings. The SMILES string of the molecule is COC1(C)CC(OC2[C@H](C)C(OC3O[C@H](C)CC(N(C)C)C3O[Si](C)(C)C)C(C)(O)C[C@@H](C)/C(=N/OC3(C)CCCCC3)C(C)C(O)C(C)(O)[C@@H](C)OC(=O)[C@@H]2C)O[C@@H](C)C1O[Si](C)(C)C. The number of methoxy groups -OCH3 is 1. The minimum Gasteiger partial charge on any atom is -0.459 e. The first-order valence-electron chi connectivity index (χ1n) is 24.9. The van der Waals surface area contributed by atoms with Crippen molar-refractivity contribution in [3.8, 4) is 0 Å². The van der Waals surface area contributed by atoms with Gasteiger partial charge in [-0.05, 0) is 147 Å². The first-order chi connectivity index (χ1) is 30.1. The summed E-state index contributed by atoms with van der Waals surface area (Å²) in [5.74, 6) is -3.68. The summed E-state index contributed by atoms with van der Waals surface area (Å²) >= 11 is 0. The van der Waals surface area contributed by atoms with Gasteiger partial charge in [-0.3, -0.25) is 4.79 Å². The highest BCUT2D eigenvalue weighted by Gasteiger charge is 2.54. The van der Waals surface area contributed by atoms with Crippen LogP contribution in [0.15, 0.2) is 5.16 Å². The third-order valence-electron chi connectivity index (χ3n) is 14.9. The second kappa shape index (κ2) is 22.1. The highest BCUT2D eigenvalue weighted by atomic mass is 28.4. The van der Waals surface area contributed by atoms with Gasteiger partial charge in [0.25, 0.3) is 0 Å². The maximum atomic E-state index is 14.6. The van der Waals surface area contributed by atoms with Crippen LogP contribution in [0.5, 0.6) is 0 Å². The molecule has 1 aliphatic carbocycles. The number of aliphatic hydroxyl groups excluding tert-OH is 1. The molecule has 0 spiro atoms.